The van der Waals surface area contributed by atoms with E-state index in [1.165, 1.54) is 0 Å². The van der Waals surface area contributed by atoms with Gasteiger partial charge in [0.2, 0.25) is 5.91 Å². The number of alkyl halides is 1. The third-order valence-electron chi connectivity index (χ3n) is 4.74. The summed E-state index contributed by atoms with van der Waals surface area (Å²) in [5, 5.41) is 0.667. The van der Waals surface area contributed by atoms with Gasteiger partial charge in [-0.25, -0.2) is 9.97 Å². The van der Waals surface area contributed by atoms with Crippen molar-refractivity contribution in [1.29, 1.82) is 0 Å². The number of fused-ring (bicyclic) bond motifs is 1. The summed E-state index contributed by atoms with van der Waals surface area (Å²) in [5.41, 5.74) is 2.41. The standard InChI is InChI=1S/C19H19ClIN5O/c1-24-9-10-25(16(21)11-24)17(27)12-26-18(13-4-6-14(20)7-5-13)23-15-3-2-8-22-19(15)26/h2-8,16H,9-12H2,1H3. The van der Waals surface area contributed by atoms with Crippen LogP contribution in [0.25, 0.3) is 22.6 Å². The molecular formula is C19H19ClIN5O. The van der Waals surface area contributed by atoms with Crippen molar-refractivity contribution in [3.05, 3.63) is 47.6 Å². The molecule has 1 aliphatic rings. The molecule has 1 amide bonds. The Labute approximate surface area is 176 Å². The molecular weight excluding hydrogens is 477 g/mol. The van der Waals surface area contributed by atoms with Gasteiger partial charge in [0.1, 0.15) is 17.9 Å². The predicted octanol–water partition coefficient (Wildman–Crippen LogP) is 3.29. The van der Waals surface area contributed by atoms with E-state index in [0.717, 1.165) is 42.2 Å². The summed E-state index contributed by atoms with van der Waals surface area (Å²) in [4.78, 5) is 26.4. The Kier molecular flexibility index (Phi) is 5.34. The average molecular weight is 496 g/mol. The minimum Gasteiger partial charge on any atom is -0.327 e. The normalized spacial score (nSPS) is 18.2. The average Bonchev–Trinajstić information content (AvgIpc) is 3.01. The molecule has 1 saturated heterocycles. The van der Waals surface area contributed by atoms with Crippen LogP contribution in [0.15, 0.2) is 42.6 Å². The first-order valence-corrected chi connectivity index (χ1v) is 10.3. The molecule has 6 nitrogen and oxygen atoms in total. The molecule has 0 spiro atoms. The quantitative estimate of drug-likeness (QED) is 0.318. The minimum absolute atomic E-state index is 0.0858. The monoisotopic (exact) mass is 495 g/mol. The van der Waals surface area contributed by atoms with Crippen molar-refractivity contribution in [2.45, 2.75) is 10.6 Å². The molecule has 1 fully saturated rings. The fourth-order valence-corrected chi connectivity index (χ4v) is 4.69. The molecule has 1 unspecified atom stereocenters. The zero-order valence-corrected chi connectivity index (χ0v) is 17.8. The smallest absolute Gasteiger partial charge is 0.243 e. The lowest BCUT2D eigenvalue weighted by molar-refractivity contribution is -0.133. The van der Waals surface area contributed by atoms with Crippen LogP contribution < -0.4 is 0 Å². The van der Waals surface area contributed by atoms with Gasteiger partial charge in [0.25, 0.3) is 0 Å². The number of pyridine rings is 1. The van der Waals surface area contributed by atoms with E-state index in [-0.39, 0.29) is 16.5 Å². The first-order chi connectivity index (χ1) is 13.0. The highest BCUT2D eigenvalue weighted by Gasteiger charge is 2.28. The molecule has 0 N–H and O–H groups in total. The molecule has 140 valence electrons. The number of benzene rings is 1. The molecule has 0 aliphatic carbocycles. The van der Waals surface area contributed by atoms with Gasteiger partial charge in [0.05, 0.1) is 4.05 Å². The predicted molar refractivity (Wildman–Crippen MR) is 115 cm³/mol. The molecule has 0 radical (unpaired) electrons. The van der Waals surface area contributed by atoms with Gasteiger partial charge >= 0.3 is 0 Å². The molecule has 1 aliphatic heterocycles. The van der Waals surface area contributed by atoms with Crippen LogP contribution in [0, 0.1) is 0 Å². The van der Waals surface area contributed by atoms with Crippen LogP contribution >= 0.6 is 34.2 Å². The van der Waals surface area contributed by atoms with Gasteiger partial charge < -0.3 is 9.80 Å². The number of nitrogens with zero attached hydrogens (tertiary/aromatic N) is 5. The number of hydrogen-bond donors (Lipinski definition) is 0. The number of likely N-dealkylation sites (N-methyl/N-ethyl adjacent to an activating group) is 1. The Morgan fingerprint density at radius 3 is 2.78 bits per heavy atom. The highest BCUT2D eigenvalue weighted by Crippen LogP contribution is 2.26. The number of amides is 1. The van der Waals surface area contributed by atoms with E-state index < -0.39 is 0 Å². The summed E-state index contributed by atoms with van der Waals surface area (Å²) in [6.45, 7) is 2.71. The largest absolute Gasteiger partial charge is 0.327 e. The second kappa shape index (κ2) is 7.73. The van der Waals surface area contributed by atoms with Gasteiger partial charge in [-0.05, 0) is 43.4 Å². The van der Waals surface area contributed by atoms with Crippen molar-refractivity contribution in [2.75, 3.05) is 26.7 Å². The highest BCUT2D eigenvalue weighted by molar-refractivity contribution is 14.1. The van der Waals surface area contributed by atoms with Crippen LogP contribution in [0.4, 0.5) is 0 Å². The number of aromatic nitrogens is 3. The van der Waals surface area contributed by atoms with Crippen molar-refractivity contribution in [3.63, 3.8) is 0 Å². The fourth-order valence-electron chi connectivity index (χ4n) is 3.30. The summed E-state index contributed by atoms with van der Waals surface area (Å²) >= 11 is 8.37. The van der Waals surface area contributed by atoms with E-state index in [2.05, 4.69) is 39.5 Å². The van der Waals surface area contributed by atoms with E-state index in [0.29, 0.717) is 5.02 Å². The van der Waals surface area contributed by atoms with E-state index in [9.17, 15) is 4.79 Å². The second-order valence-corrected chi connectivity index (χ2v) is 8.53. The maximum atomic E-state index is 13.1. The zero-order chi connectivity index (χ0) is 19.0. The number of carbonyl (C=O) groups is 1. The summed E-state index contributed by atoms with van der Waals surface area (Å²) in [6, 6.07) is 11.3. The topological polar surface area (TPSA) is 54.3 Å². The third kappa shape index (κ3) is 3.81. The molecule has 0 bridgehead atoms. The number of hydrogen-bond acceptors (Lipinski definition) is 4. The summed E-state index contributed by atoms with van der Waals surface area (Å²) in [5.74, 6) is 0.815. The van der Waals surface area contributed by atoms with Crippen molar-refractivity contribution >= 4 is 51.3 Å². The van der Waals surface area contributed by atoms with Crippen LogP contribution in [0.5, 0.6) is 0 Å². The SMILES string of the molecule is CN1CCN(C(=O)Cn2c(-c3ccc(Cl)cc3)nc3cccnc32)C(I)C1. The first-order valence-electron chi connectivity index (χ1n) is 8.72. The Bertz CT molecular complexity index is 974. The van der Waals surface area contributed by atoms with Crippen molar-refractivity contribution in [1.82, 2.24) is 24.3 Å². The van der Waals surface area contributed by atoms with Crippen molar-refractivity contribution in [2.24, 2.45) is 0 Å². The summed E-state index contributed by atoms with van der Waals surface area (Å²) < 4.78 is 2.07. The fraction of sp³-hybridized carbons (Fsp3) is 0.316. The van der Waals surface area contributed by atoms with E-state index in [4.69, 9.17) is 16.6 Å². The van der Waals surface area contributed by atoms with E-state index >= 15 is 0 Å². The van der Waals surface area contributed by atoms with Crippen molar-refractivity contribution < 1.29 is 4.79 Å². The molecule has 3 heterocycles. The number of piperazine rings is 1. The number of halogens is 2. The molecule has 3 aromatic rings. The summed E-state index contributed by atoms with van der Waals surface area (Å²) in [6.07, 6.45) is 1.73. The molecule has 0 saturated carbocycles. The maximum absolute atomic E-state index is 13.1. The molecule has 1 atom stereocenters. The molecule has 8 heteroatoms. The van der Waals surface area contributed by atoms with Gasteiger partial charge in [0.15, 0.2) is 5.65 Å². The Balaban J connectivity index is 1.71. The number of rotatable bonds is 3. The van der Waals surface area contributed by atoms with Crippen LogP contribution in [0.3, 0.4) is 0 Å². The van der Waals surface area contributed by atoms with Gasteiger partial charge in [-0.3, -0.25) is 9.36 Å². The van der Waals surface area contributed by atoms with Gasteiger partial charge in [-0.15, -0.1) is 0 Å². The summed E-state index contributed by atoms with van der Waals surface area (Å²) in [7, 11) is 2.08. The zero-order valence-electron chi connectivity index (χ0n) is 14.8. The second-order valence-electron chi connectivity index (χ2n) is 6.66. The lowest BCUT2D eigenvalue weighted by Crippen LogP contribution is -2.52. The molecule has 2 aromatic heterocycles. The Morgan fingerprint density at radius 1 is 1.26 bits per heavy atom. The van der Waals surface area contributed by atoms with Gasteiger partial charge in [-0.1, -0.05) is 34.2 Å². The van der Waals surface area contributed by atoms with Crippen molar-refractivity contribution in [3.8, 4) is 11.4 Å². The van der Waals surface area contributed by atoms with Crippen LogP contribution in [0.1, 0.15) is 0 Å². The molecule has 27 heavy (non-hydrogen) atoms. The Hall–Kier alpha value is -1.71. The molecule has 4 rings (SSSR count). The number of imidazole rings is 1. The van der Waals surface area contributed by atoms with Crippen LogP contribution in [-0.2, 0) is 11.3 Å². The van der Waals surface area contributed by atoms with Crippen LogP contribution in [-0.4, -0.2) is 61.0 Å². The van der Waals surface area contributed by atoms with Gasteiger partial charge in [0, 0.05) is 36.4 Å². The van der Waals surface area contributed by atoms with E-state index in [1.54, 1.807) is 6.20 Å². The lowest BCUT2D eigenvalue weighted by atomic mass is 10.2. The van der Waals surface area contributed by atoms with Gasteiger partial charge in [-0.2, -0.15) is 0 Å². The lowest BCUT2D eigenvalue weighted by Gasteiger charge is -2.37. The third-order valence-corrected chi connectivity index (χ3v) is 6.06. The van der Waals surface area contributed by atoms with Crippen LogP contribution in [0.2, 0.25) is 5.02 Å². The minimum atomic E-state index is 0.0858. The van der Waals surface area contributed by atoms with E-state index in [1.807, 2.05) is 45.9 Å². The number of carbonyl (C=O) groups excluding carboxylic acids is 1. The molecule has 1 aromatic carbocycles. The highest BCUT2D eigenvalue weighted by atomic mass is 127. The Morgan fingerprint density at radius 2 is 2.04 bits per heavy atom. The maximum Gasteiger partial charge on any atom is 0.243 e. The first kappa shape index (κ1) is 18.6.